The SMILES string of the molecule is O=C(O)CC1CS(=O)(=O)CCN1Cc1cncc(F)c1. The van der Waals surface area contributed by atoms with Gasteiger partial charge in [0, 0.05) is 25.3 Å². The van der Waals surface area contributed by atoms with Crippen LogP contribution in [0.25, 0.3) is 0 Å². The summed E-state index contributed by atoms with van der Waals surface area (Å²) in [6.45, 7) is 0.537. The third-order valence-corrected chi connectivity index (χ3v) is 4.91. The van der Waals surface area contributed by atoms with E-state index in [1.807, 2.05) is 0 Å². The van der Waals surface area contributed by atoms with Gasteiger partial charge in [0.05, 0.1) is 24.1 Å². The minimum atomic E-state index is -3.21. The maximum atomic E-state index is 13.1. The monoisotopic (exact) mass is 302 g/mol. The molecule has 1 aromatic rings. The van der Waals surface area contributed by atoms with Crippen molar-refractivity contribution in [3.63, 3.8) is 0 Å². The topological polar surface area (TPSA) is 87.6 Å². The van der Waals surface area contributed by atoms with Crippen LogP contribution in [-0.4, -0.2) is 53.5 Å². The molecule has 1 saturated heterocycles. The lowest BCUT2D eigenvalue weighted by Crippen LogP contribution is -2.48. The largest absolute Gasteiger partial charge is 0.481 e. The Bertz CT molecular complexity index is 605. The number of rotatable bonds is 4. The standard InChI is InChI=1S/C12H15FN2O4S/c13-10-3-9(5-14-6-10)7-15-1-2-20(18,19)8-11(15)4-12(16)17/h3,5-6,11H,1-2,4,7-8H2,(H,16,17). The predicted molar refractivity (Wildman–Crippen MR) is 69.3 cm³/mol. The average Bonchev–Trinajstić information content (AvgIpc) is 2.31. The van der Waals surface area contributed by atoms with E-state index in [1.54, 1.807) is 4.90 Å². The highest BCUT2D eigenvalue weighted by Gasteiger charge is 2.32. The minimum absolute atomic E-state index is 0.00807. The Morgan fingerprint density at radius 1 is 1.50 bits per heavy atom. The number of aliphatic carboxylic acids is 1. The second-order valence-electron chi connectivity index (χ2n) is 4.85. The smallest absolute Gasteiger partial charge is 0.304 e. The fourth-order valence-electron chi connectivity index (χ4n) is 2.30. The number of hydrogen-bond acceptors (Lipinski definition) is 5. The van der Waals surface area contributed by atoms with Crippen molar-refractivity contribution in [2.24, 2.45) is 0 Å². The molecule has 0 spiro atoms. The molecule has 6 nitrogen and oxygen atoms in total. The molecule has 20 heavy (non-hydrogen) atoms. The van der Waals surface area contributed by atoms with Crippen molar-refractivity contribution in [3.8, 4) is 0 Å². The van der Waals surface area contributed by atoms with Crippen LogP contribution in [0.2, 0.25) is 0 Å². The highest BCUT2D eigenvalue weighted by Crippen LogP contribution is 2.18. The Hall–Kier alpha value is -1.54. The van der Waals surface area contributed by atoms with Gasteiger partial charge in [-0.1, -0.05) is 0 Å². The highest BCUT2D eigenvalue weighted by atomic mass is 32.2. The van der Waals surface area contributed by atoms with E-state index in [9.17, 15) is 17.6 Å². The molecule has 110 valence electrons. The summed E-state index contributed by atoms with van der Waals surface area (Å²) < 4.78 is 36.3. The van der Waals surface area contributed by atoms with Crippen molar-refractivity contribution in [2.75, 3.05) is 18.1 Å². The van der Waals surface area contributed by atoms with Crippen LogP contribution in [-0.2, 0) is 21.2 Å². The van der Waals surface area contributed by atoms with Crippen molar-refractivity contribution >= 4 is 15.8 Å². The summed E-state index contributed by atoms with van der Waals surface area (Å²) in [4.78, 5) is 16.3. The van der Waals surface area contributed by atoms with Gasteiger partial charge in [-0.05, 0) is 11.6 Å². The normalized spacial score (nSPS) is 22.6. The molecule has 0 aromatic carbocycles. The maximum absolute atomic E-state index is 13.1. The van der Waals surface area contributed by atoms with E-state index in [1.165, 1.54) is 12.3 Å². The van der Waals surface area contributed by atoms with Crippen LogP contribution in [0.4, 0.5) is 4.39 Å². The Kier molecular flexibility index (Phi) is 4.34. The molecule has 1 fully saturated rings. The van der Waals surface area contributed by atoms with Gasteiger partial charge in [0.25, 0.3) is 0 Å². The van der Waals surface area contributed by atoms with Crippen molar-refractivity contribution in [1.29, 1.82) is 0 Å². The van der Waals surface area contributed by atoms with Gasteiger partial charge in [-0.3, -0.25) is 14.7 Å². The number of carboxylic acids is 1. The van der Waals surface area contributed by atoms with E-state index < -0.39 is 27.7 Å². The van der Waals surface area contributed by atoms with Gasteiger partial charge in [0.1, 0.15) is 5.82 Å². The van der Waals surface area contributed by atoms with Crippen LogP contribution >= 0.6 is 0 Å². The van der Waals surface area contributed by atoms with Crippen LogP contribution in [0.3, 0.4) is 0 Å². The molecule has 2 rings (SSSR count). The van der Waals surface area contributed by atoms with Crippen LogP contribution in [0.15, 0.2) is 18.5 Å². The van der Waals surface area contributed by atoms with Crippen LogP contribution in [0.1, 0.15) is 12.0 Å². The third-order valence-electron chi connectivity index (χ3n) is 3.21. The molecular formula is C12H15FN2O4S. The Morgan fingerprint density at radius 3 is 2.90 bits per heavy atom. The number of aromatic nitrogens is 1. The van der Waals surface area contributed by atoms with Crippen LogP contribution in [0, 0.1) is 5.82 Å². The molecule has 0 amide bonds. The lowest BCUT2D eigenvalue weighted by atomic mass is 10.1. The van der Waals surface area contributed by atoms with Crippen molar-refractivity contribution < 1.29 is 22.7 Å². The van der Waals surface area contributed by atoms with E-state index in [-0.39, 0.29) is 31.0 Å². The summed E-state index contributed by atoms with van der Waals surface area (Å²) in [5, 5.41) is 8.87. The molecule has 2 heterocycles. The first-order chi connectivity index (χ1) is 9.35. The molecule has 1 aliphatic rings. The molecule has 1 unspecified atom stereocenters. The fraction of sp³-hybridized carbons (Fsp3) is 0.500. The Balaban J connectivity index is 2.13. The predicted octanol–water partition coefficient (Wildman–Crippen LogP) is 0.294. The lowest BCUT2D eigenvalue weighted by Gasteiger charge is -2.34. The summed E-state index contributed by atoms with van der Waals surface area (Å²) in [5.74, 6) is -1.70. The van der Waals surface area contributed by atoms with Gasteiger partial charge in [0.2, 0.25) is 0 Å². The molecule has 1 aliphatic heterocycles. The van der Waals surface area contributed by atoms with Gasteiger partial charge in [0.15, 0.2) is 9.84 Å². The number of carboxylic acid groups (broad SMARTS) is 1. The van der Waals surface area contributed by atoms with E-state index >= 15 is 0 Å². The number of carbonyl (C=O) groups is 1. The van der Waals surface area contributed by atoms with Crippen LogP contribution < -0.4 is 0 Å². The molecule has 0 aliphatic carbocycles. The summed E-state index contributed by atoms with van der Waals surface area (Å²) in [5.41, 5.74) is 0.597. The number of sulfone groups is 1. The van der Waals surface area contributed by atoms with E-state index in [0.717, 1.165) is 6.20 Å². The zero-order valence-electron chi connectivity index (χ0n) is 10.7. The second-order valence-corrected chi connectivity index (χ2v) is 7.08. The molecular weight excluding hydrogens is 287 g/mol. The maximum Gasteiger partial charge on any atom is 0.304 e. The number of pyridine rings is 1. The Labute approximate surface area is 116 Å². The molecule has 0 radical (unpaired) electrons. The lowest BCUT2D eigenvalue weighted by molar-refractivity contribution is -0.138. The summed E-state index contributed by atoms with van der Waals surface area (Å²) in [6, 6.07) is 0.725. The fourth-order valence-corrected chi connectivity index (χ4v) is 3.89. The van der Waals surface area contributed by atoms with Crippen molar-refractivity contribution in [3.05, 3.63) is 29.8 Å². The minimum Gasteiger partial charge on any atom is -0.481 e. The first-order valence-corrected chi connectivity index (χ1v) is 7.93. The summed E-state index contributed by atoms with van der Waals surface area (Å²) >= 11 is 0. The van der Waals surface area contributed by atoms with Crippen LogP contribution in [0.5, 0.6) is 0 Å². The molecule has 1 N–H and O–H groups in total. The average molecular weight is 302 g/mol. The van der Waals surface area contributed by atoms with Gasteiger partial charge in [-0.15, -0.1) is 0 Å². The van der Waals surface area contributed by atoms with Gasteiger partial charge in [-0.25, -0.2) is 12.8 Å². The highest BCUT2D eigenvalue weighted by molar-refractivity contribution is 7.91. The van der Waals surface area contributed by atoms with Gasteiger partial charge >= 0.3 is 5.97 Å². The first-order valence-electron chi connectivity index (χ1n) is 6.11. The molecule has 1 aromatic heterocycles. The van der Waals surface area contributed by atoms with Crippen molar-refractivity contribution in [1.82, 2.24) is 9.88 Å². The molecule has 1 atom stereocenters. The zero-order chi connectivity index (χ0) is 14.8. The molecule has 8 heteroatoms. The first kappa shape index (κ1) is 14.9. The Morgan fingerprint density at radius 2 is 2.25 bits per heavy atom. The quantitative estimate of drug-likeness (QED) is 0.860. The molecule has 0 bridgehead atoms. The van der Waals surface area contributed by atoms with E-state index in [0.29, 0.717) is 5.56 Å². The number of hydrogen-bond donors (Lipinski definition) is 1. The summed E-state index contributed by atoms with van der Waals surface area (Å²) in [6.07, 6.45) is 2.32. The van der Waals surface area contributed by atoms with Crippen molar-refractivity contribution in [2.45, 2.75) is 19.0 Å². The van der Waals surface area contributed by atoms with Gasteiger partial charge in [-0.2, -0.15) is 0 Å². The number of nitrogens with zero attached hydrogens (tertiary/aromatic N) is 2. The second kappa shape index (κ2) is 5.84. The van der Waals surface area contributed by atoms with E-state index in [2.05, 4.69) is 4.98 Å². The van der Waals surface area contributed by atoms with Gasteiger partial charge < -0.3 is 5.11 Å². The number of halogens is 1. The summed E-state index contributed by atoms with van der Waals surface area (Å²) in [7, 11) is -3.21. The third kappa shape index (κ3) is 3.97. The van der Waals surface area contributed by atoms with E-state index in [4.69, 9.17) is 5.11 Å². The molecule has 0 saturated carbocycles. The zero-order valence-corrected chi connectivity index (χ0v) is 11.5.